The van der Waals surface area contributed by atoms with Crippen molar-refractivity contribution < 1.29 is 14.6 Å². The Hall–Kier alpha value is -2.30. The fraction of sp³-hybridized carbons (Fsp3) is 0.167. The van der Waals surface area contributed by atoms with Gasteiger partial charge < -0.3 is 14.4 Å². The highest BCUT2D eigenvalue weighted by Gasteiger charge is 2.09. The van der Waals surface area contributed by atoms with Crippen LogP contribution in [0, 0.1) is 0 Å². The smallest absolute Gasteiger partial charge is 0.335 e. The fourth-order valence-corrected chi connectivity index (χ4v) is 1.61. The van der Waals surface area contributed by atoms with Gasteiger partial charge >= 0.3 is 5.97 Å². The third-order valence-electron chi connectivity index (χ3n) is 2.44. The van der Waals surface area contributed by atoms with E-state index in [4.69, 9.17) is 9.84 Å². The number of imidazole rings is 1. The highest BCUT2D eigenvalue weighted by molar-refractivity contribution is 5.88. The molecule has 5 heteroatoms. The van der Waals surface area contributed by atoms with E-state index in [0.717, 1.165) is 5.56 Å². The van der Waals surface area contributed by atoms with Gasteiger partial charge in [-0.05, 0) is 18.2 Å². The number of carbonyl (C=O) groups is 1. The molecule has 0 radical (unpaired) electrons. The SMILES string of the molecule is COc1ccc(C(=O)O)cc1Cn1ccnc1. The molecule has 0 atom stereocenters. The number of carboxylic acids is 1. The van der Waals surface area contributed by atoms with Crippen LogP contribution in [0.25, 0.3) is 0 Å². The number of hydrogen-bond acceptors (Lipinski definition) is 3. The van der Waals surface area contributed by atoms with E-state index in [-0.39, 0.29) is 5.56 Å². The molecule has 0 aliphatic heterocycles. The van der Waals surface area contributed by atoms with Crippen LogP contribution in [0.4, 0.5) is 0 Å². The molecule has 0 aliphatic carbocycles. The maximum Gasteiger partial charge on any atom is 0.335 e. The first-order valence-corrected chi connectivity index (χ1v) is 5.06. The molecule has 0 saturated heterocycles. The van der Waals surface area contributed by atoms with E-state index < -0.39 is 5.97 Å². The Balaban J connectivity index is 2.35. The summed E-state index contributed by atoms with van der Waals surface area (Å²) in [6, 6.07) is 4.80. The van der Waals surface area contributed by atoms with Crippen LogP contribution in [0.15, 0.2) is 36.9 Å². The highest BCUT2D eigenvalue weighted by Crippen LogP contribution is 2.21. The van der Waals surface area contributed by atoms with E-state index in [1.807, 2.05) is 10.8 Å². The third kappa shape index (κ3) is 2.44. The first-order valence-electron chi connectivity index (χ1n) is 5.06. The predicted octanol–water partition coefficient (Wildman–Crippen LogP) is 1.64. The Kier molecular flexibility index (Phi) is 3.09. The summed E-state index contributed by atoms with van der Waals surface area (Å²) >= 11 is 0. The molecule has 0 amide bonds. The fourth-order valence-electron chi connectivity index (χ4n) is 1.61. The number of nitrogens with zero attached hydrogens (tertiary/aromatic N) is 2. The zero-order valence-corrected chi connectivity index (χ0v) is 9.33. The second-order valence-corrected chi connectivity index (χ2v) is 3.57. The zero-order valence-electron chi connectivity index (χ0n) is 9.33. The summed E-state index contributed by atoms with van der Waals surface area (Å²) in [7, 11) is 1.56. The van der Waals surface area contributed by atoms with Crippen LogP contribution in [-0.2, 0) is 6.54 Å². The monoisotopic (exact) mass is 232 g/mol. The van der Waals surface area contributed by atoms with Crippen LogP contribution in [0.1, 0.15) is 15.9 Å². The molecule has 0 bridgehead atoms. The second-order valence-electron chi connectivity index (χ2n) is 3.57. The summed E-state index contributed by atoms with van der Waals surface area (Å²) in [5, 5.41) is 8.94. The Labute approximate surface area is 98.3 Å². The van der Waals surface area contributed by atoms with E-state index in [1.165, 1.54) is 6.07 Å². The molecule has 1 heterocycles. The maximum absolute atomic E-state index is 10.9. The molecular weight excluding hydrogens is 220 g/mol. The first-order chi connectivity index (χ1) is 8.20. The van der Waals surface area contributed by atoms with E-state index >= 15 is 0 Å². The van der Waals surface area contributed by atoms with Gasteiger partial charge in [-0.15, -0.1) is 0 Å². The lowest BCUT2D eigenvalue weighted by Gasteiger charge is -2.09. The van der Waals surface area contributed by atoms with Gasteiger partial charge in [-0.3, -0.25) is 0 Å². The Bertz CT molecular complexity index is 521. The summed E-state index contributed by atoms with van der Waals surface area (Å²) in [5.41, 5.74) is 1.06. The van der Waals surface area contributed by atoms with Gasteiger partial charge in [-0.1, -0.05) is 0 Å². The molecule has 17 heavy (non-hydrogen) atoms. The number of ether oxygens (including phenoxy) is 1. The third-order valence-corrected chi connectivity index (χ3v) is 2.44. The molecule has 88 valence electrons. The van der Waals surface area contributed by atoms with Crippen molar-refractivity contribution in [3.8, 4) is 5.75 Å². The maximum atomic E-state index is 10.9. The molecule has 2 aromatic rings. The topological polar surface area (TPSA) is 64.3 Å². The van der Waals surface area contributed by atoms with Gasteiger partial charge in [0.25, 0.3) is 0 Å². The molecular formula is C12H12N2O3. The van der Waals surface area contributed by atoms with Gasteiger partial charge in [-0.2, -0.15) is 0 Å². The van der Waals surface area contributed by atoms with Crippen molar-refractivity contribution in [3.63, 3.8) is 0 Å². The van der Waals surface area contributed by atoms with Gasteiger partial charge in [0.2, 0.25) is 0 Å². The summed E-state index contributed by atoms with van der Waals surface area (Å²) in [6.45, 7) is 0.532. The lowest BCUT2D eigenvalue weighted by Crippen LogP contribution is -2.03. The zero-order chi connectivity index (χ0) is 12.3. The molecule has 0 saturated carbocycles. The molecule has 1 aromatic carbocycles. The van der Waals surface area contributed by atoms with Crippen LogP contribution in [0.3, 0.4) is 0 Å². The van der Waals surface area contributed by atoms with Crippen molar-refractivity contribution in [2.75, 3.05) is 7.11 Å². The molecule has 0 aliphatic rings. The van der Waals surface area contributed by atoms with Gasteiger partial charge in [-0.25, -0.2) is 9.78 Å². The summed E-state index contributed by atoms with van der Waals surface area (Å²) in [5.74, 6) is -0.275. The molecule has 1 N–H and O–H groups in total. The number of rotatable bonds is 4. The van der Waals surface area contributed by atoms with Crippen molar-refractivity contribution in [1.82, 2.24) is 9.55 Å². The van der Waals surface area contributed by atoms with Crippen molar-refractivity contribution in [3.05, 3.63) is 48.0 Å². The van der Waals surface area contributed by atoms with E-state index in [0.29, 0.717) is 12.3 Å². The first kappa shape index (κ1) is 11.2. The van der Waals surface area contributed by atoms with Gasteiger partial charge in [0.15, 0.2) is 0 Å². The Morgan fingerprint density at radius 3 is 2.94 bits per heavy atom. The average molecular weight is 232 g/mol. The second kappa shape index (κ2) is 4.69. The number of benzene rings is 1. The van der Waals surface area contributed by atoms with E-state index in [2.05, 4.69) is 4.98 Å². The van der Waals surface area contributed by atoms with Crippen molar-refractivity contribution in [2.24, 2.45) is 0 Å². The molecule has 0 fully saturated rings. The minimum Gasteiger partial charge on any atom is -0.496 e. The predicted molar refractivity (Wildman–Crippen MR) is 61.3 cm³/mol. The van der Waals surface area contributed by atoms with Crippen LogP contribution in [-0.4, -0.2) is 27.7 Å². The molecule has 5 nitrogen and oxygen atoms in total. The lowest BCUT2D eigenvalue weighted by atomic mass is 10.1. The largest absolute Gasteiger partial charge is 0.496 e. The van der Waals surface area contributed by atoms with E-state index in [1.54, 1.807) is 31.8 Å². The summed E-state index contributed by atoms with van der Waals surface area (Å²) in [6.07, 6.45) is 5.16. The van der Waals surface area contributed by atoms with Crippen LogP contribution >= 0.6 is 0 Å². The normalized spacial score (nSPS) is 10.2. The average Bonchev–Trinajstić information content (AvgIpc) is 2.81. The van der Waals surface area contributed by atoms with Crippen molar-refractivity contribution in [2.45, 2.75) is 6.54 Å². The number of hydrogen-bond donors (Lipinski definition) is 1. The van der Waals surface area contributed by atoms with Crippen LogP contribution in [0.5, 0.6) is 5.75 Å². The number of methoxy groups -OCH3 is 1. The minimum absolute atomic E-state index is 0.251. The number of aromatic nitrogens is 2. The molecule has 2 rings (SSSR count). The van der Waals surface area contributed by atoms with Gasteiger partial charge in [0.05, 0.1) is 25.5 Å². The van der Waals surface area contributed by atoms with Crippen molar-refractivity contribution in [1.29, 1.82) is 0 Å². The molecule has 0 spiro atoms. The minimum atomic E-state index is -0.945. The molecule has 1 aromatic heterocycles. The number of aromatic carboxylic acids is 1. The van der Waals surface area contributed by atoms with Gasteiger partial charge in [0, 0.05) is 18.0 Å². The summed E-state index contributed by atoms with van der Waals surface area (Å²) in [4.78, 5) is 14.8. The summed E-state index contributed by atoms with van der Waals surface area (Å²) < 4.78 is 7.05. The molecule has 0 unspecified atom stereocenters. The highest BCUT2D eigenvalue weighted by atomic mass is 16.5. The van der Waals surface area contributed by atoms with Crippen molar-refractivity contribution >= 4 is 5.97 Å². The Morgan fingerprint density at radius 2 is 2.35 bits per heavy atom. The van der Waals surface area contributed by atoms with Crippen LogP contribution in [0.2, 0.25) is 0 Å². The Morgan fingerprint density at radius 1 is 1.53 bits per heavy atom. The van der Waals surface area contributed by atoms with Gasteiger partial charge in [0.1, 0.15) is 5.75 Å². The van der Waals surface area contributed by atoms with Crippen LogP contribution < -0.4 is 4.74 Å². The van der Waals surface area contributed by atoms with E-state index in [9.17, 15) is 4.79 Å². The standard InChI is InChI=1S/C12H12N2O3/c1-17-11-3-2-9(12(15)16)6-10(11)7-14-5-4-13-8-14/h2-6,8H,7H2,1H3,(H,15,16). The lowest BCUT2D eigenvalue weighted by molar-refractivity contribution is 0.0696. The number of carboxylic acid groups (broad SMARTS) is 1. The quantitative estimate of drug-likeness (QED) is 0.870.